The van der Waals surface area contributed by atoms with Crippen LogP contribution in [0.25, 0.3) is 22.3 Å². The predicted octanol–water partition coefficient (Wildman–Crippen LogP) is 19.5. The van der Waals surface area contributed by atoms with Crippen LogP contribution in [0, 0.1) is 13.8 Å². The Morgan fingerprint density at radius 3 is 0.667 bits per heavy atom. The van der Waals surface area contributed by atoms with Crippen LogP contribution in [0.2, 0.25) is 0 Å². The number of hydrogen-bond acceptors (Lipinski definition) is 4. The number of anilines is 12. The molecule has 0 aliphatic heterocycles. The molecule has 0 amide bonds. The van der Waals surface area contributed by atoms with E-state index in [4.69, 9.17) is 0 Å². The summed E-state index contributed by atoms with van der Waals surface area (Å²) in [7, 11) is 0. The second kappa shape index (κ2) is 20.7. The van der Waals surface area contributed by atoms with Gasteiger partial charge < -0.3 is 19.6 Å². The Kier molecular flexibility index (Phi) is 13.0. The molecule has 0 heterocycles. The second-order valence-corrected chi connectivity index (χ2v) is 18.0. The molecular formula is C68H54N4. The van der Waals surface area contributed by atoms with Crippen molar-refractivity contribution in [2.24, 2.45) is 0 Å². The smallest absolute Gasteiger partial charge is 0.0467 e. The monoisotopic (exact) mass is 926 g/mol. The molecule has 0 fully saturated rings. The molecule has 11 rings (SSSR count). The molecule has 0 spiro atoms. The molecule has 4 heteroatoms. The zero-order valence-corrected chi connectivity index (χ0v) is 40.5. The molecule has 0 aliphatic rings. The third-order valence-electron chi connectivity index (χ3n) is 13.1. The van der Waals surface area contributed by atoms with E-state index in [-0.39, 0.29) is 0 Å². The zero-order valence-electron chi connectivity index (χ0n) is 40.5. The highest BCUT2D eigenvalue weighted by molar-refractivity contribution is 5.90. The maximum Gasteiger partial charge on any atom is 0.0467 e. The summed E-state index contributed by atoms with van der Waals surface area (Å²) in [6, 6.07) is 104. The van der Waals surface area contributed by atoms with Crippen molar-refractivity contribution >= 4 is 68.2 Å². The minimum atomic E-state index is 1.07. The largest absolute Gasteiger partial charge is 0.311 e. The van der Waals surface area contributed by atoms with Gasteiger partial charge in [0.1, 0.15) is 0 Å². The fourth-order valence-electron chi connectivity index (χ4n) is 9.60. The van der Waals surface area contributed by atoms with E-state index in [1.807, 2.05) is 0 Å². The van der Waals surface area contributed by atoms with Gasteiger partial charge in [-0.3, -0.25) is 0 Å². The Labute approximate surface area is 424 Å². The van der Waals surface area contributed by atoms with Gasteiger partial charge in [-0.15, -0.1) is 0 Å². The van der Waals surface area contributed by atoms with Crippen LogP contribution in [-0.4, -0.2) is 0 Å². The number of nitrogens with zero attached hydrogens (tertiary/aromatic N) is 4. The molecule has 346 valence electrons. The molecular weight excluding hydrogens is 873 g/mol. The molecule has 0 atom stereocenters. The van der Waals surface area contributed by atoms with Crippen molar-refractivity contribution < 1.29 is 0 Å². The normalized spacial score (nSPS) is 10.9. The van der Waals surface area contributed by atoms with Gasteiger partial charge in [0.2, 0.25) is 0 Å². The van der Waals surface area contributed by atoms with E-state index in [2.05, 4.69) is 325 Å². The standard InChI is InChI=1S/C68H54N4/c1-51-33-37-59(38-34-51)69(55-21-7-3-8-22-55)61-41-45-63(46-42-61)71(57-25-11-5-12-26-57)65-29-17-19-53(49-65)67-31-15-16-32-68(67)54-20-18-30-66(50-54)72(58-27-13-6-14-28-58)64-47-43-62(44-48-64)70(56-23-9-4-10-24-56)60-39-35-52(2)36-40-60/h3-50H,1-2H3. The lowest BCUT2D eigenvalue weighted by atomic mass is 9.93. The van der Waals surface area contributed by atoms with Gasteiger partial charge in [-0.1, -0.05) is 157 Å². The van der Waals surface area contributed by atoms with Crippen LogP contribution in [-0.2, 0) is 0 Å². The Morgan fingerprint density at radius 1 is 0.181 bits per heavy atom. The zero-order chi connectivity index (χ0) is 48.6. The Bertz CT molecular complexity index is 3270. The number of rotatable bonds is 14. The van der Waals surface area contributed by atoms with Crippen LogP contribution in [0.1, 0.15) is 11.1 Å². The van der Waals surface area contributed by atoms with Crippen molar-refractivity contribution in [3.63, 3.8) is 0 Å². The van der Waals surface area contributed by atoms with Crippen LogP contribution in [0.5, 0.6) is 0 Å². The number of benzene rings is 11. The van der Waals surface area contributed by atoms with Crippen LogP contribution < -0.4 is 19.6 Å². The summed E-state index contributed by atoms with van der Waals surface area (Å²) >= 11 is 0. The summed E-state index contributed by atoms with van der Waals surface area (Å²) in [5.74, 6) is 0. The average Bonchev–Trinajstić information content (AvgIpc) is 3.44. The van der Waals surface area contributed by atoms with Gasteiger partial charge in [0.05, 0.1) is 0 Å². The van der Waals surface area contributed by atoms with E-state index in [1.54, 1.807) is 0 Å². The first-order chi connectivity index (χ1) is 35.5. The fraction of sp³-hybridized carbons (Fsp3) is 0.0294. The van der Waals surface area contributed by atoms with Gasteiger partial charge in [0.25, 0.3) is 0 Å². The molecule has 0 unspecified atom stereocenters. The molecule has 0 saturated carbocycles. The van der Waals surface area contributed by atoms with Crippen molar-refractivity contribution in [2.75, 3.05) is 19.6 Å². The van der Waals surface area contributed by atoms with Crippen LogP contribution in [0.3, 0.4) is 0 Å². The second-order valence-electron chi connectivity index (χ2n) is 18.0. The van der Waals surface area contributed by atoms with E-state index in [9.17, 15) is 0 Å². The number of hydrogen-bond donors (Lipinski definition) is 0. The first-order valence-corrected chi connectivity index (χ1v) is 24.6. The highest BCUT2D eigenvalue weighted by Gasteiger charge is 2.20. The first kappa shape index (κ1) is 45.1. The van der Waals surface area contributed by atoms with Gasteiger partial charge in [-0.25, -0.2) is 0 Å². The van der Waals surface area contributed by atoms with Gasteiger partial charge in [-0.2, -0.15) is 0 Å². The summed E-state index contributed by atoms with van der Waals surface area (Å²) in [6.45, 7) is 4.26. The van der Waals surface area contributed by atoms with Gasteiger partial charge in [0.15, 0.2) is 0 Å². The third-order valence-corrected chi connectivity index (χ3v) is 13.1. The topological polar surface area (TPSA) is 13.0 Å². The van der Waals surface area contributed by atoms with E-state index < -0.39 is 0 Å². The number of aryl methyl sites for hydroxylation is 2. The van der Waals surface area contributed by atoms with Gasteiger partial charge >= 0.3 is 0 Å². The lowest BCUT2D eigenvalue weighted by Gasteiger charge is -2.29. The lowest BCUT2D eigenvalue weighted by Crippen LogP contribution is -2.12. The molecule has 0 radical (unpaired) electrons. The highest BCUT2D eigenvalue weighted by atomic mass is 15.2. The summed E-state index contributed by atoms with van der Waals surface area (Å²) in [5.41, 5.74) is 20.1. The average molecular weight is 927 g/mol. The molecule has 0 bridgehead atoms. The van der Waals surface area contributed by atoms with Crippen LogP contribution in [0.4, 0.5) is 68.2 Å². The molecule has 0 aromatic heterocycles. The van der Waals surface area contributed by atoms with E-state index >= 15 is 0 Å². The van der Waals surface area contributed by atoms with E-state index in [0.717, 1.165) is 90.5 Å². The first-order valence-electron chi connectivity index (χ1n) is 24.6. The molecule has 0 saturated heterocycles. The summed E-state index contributed by atoms with van der Waals surface area (Å²) in [5, 5.41) is 0. The molecule has 0 N–H and O–H groups in total. The Morgan fingerprint density at radius 2 is 0.389 bits per heavy atom. The molecule has 11 aromatic rings. The fourth-order valence-corrected chi connectivity index (χ4v) is 9.60. The lowest BCUT2D eigenvalue weighted by molar-refractivity contribution is 1.25. The summed E-state index contributed by atoms with van der Waals surface area (Å²) in [4.78, 5) is 9.31. The van der Waals surface area contributed by atoms with Crippen LogP contribution in [0.15, 0.2) is 291 Å². The third kappa shape index (κ3) is 9.63. The van der Waals surface area contributed by atoms with Crippen molar-refractivity contribution in [1.82, 2.24) is 0 Å². The maximum atomic E-state index is 2.35. The van der Waals surface area contributed by atoms with Crippen molar-refractivity contribution in [3.8, 4) is 22.3 Å². The van der Waals surface area contributed by atoms with Crippen molar-refractivity contribution in [3.05, 3.63) is 302 Å². The quantitative estimate of drug-likeness (QED) is 0.108. The predicted molar refractivity (Wildman–Crippen MR) is 306 cm³/mol. The van der Waals surface area contributed by atoms with Gasteiger partial charge in [-0.05, 0) is 182 Å². The molecule has 4 nitrogen and oxygen atoms in total. The van der Waals surface area contributed by atoms with Gasteiger partial charge in [0, 0.05) is 68.2 Å². The summed E-state index contributed by atoms with van der Waals surface area (Å²) in [6.07, 6.45) is 0. The van der Waals surface area contributed by atoms with Crippen LogP contribution >= 0.6 is 0 Å². The van der Waals surface area contributed by atoms with Crippen molar-refractivity contribution in [2.45, 2.75) is 13.8 Å². The van der Waals surface area contributed by atoms with E-state index in [1.165, 1.54) is 11.1 Å². The summed E-state index contributed by atoms with van der Waals surface area (Å²) < 4.78 is 0. The molecule has 0 aliphatic carbocycles. The highest BCUT2D eigenvalue weighted by Crippen LogP contribution is 2.44. The molecule has 72 heavy (non-hydrogen) atoms. The molecule has 11 aromatic carbocycles. The Balaban J connectivity index is 0.941. The SMILES string of the molecule is Cc1ccc(N(c2ccccc2)c2ccc(N(c3ccccc3)c3cccc(-c4ccccc4-c4cccc(N(c5ccccc5)c5ccc(N(c6ccccc6)c6ccc(C)cc6)cc5)c4)c3)cc2)cc1. The maximum absolute atomic E-state index is 2.35. The Hall–Kier alpha value is -9.38. The number of para-hydroxylation sites is 4. The minimum Gasteiger partial charge on any atom is -0.311 e. The minimum absolute atomic E-state index is 1.07. The van der Waals surface area contributed by atoms with E-state index in [0.29, 0.717) is 0 Å². The van der Waals surface area contributed by atoms with Crippen molar-refractivity contribution in [1.29, 1.82) is 0 Å².